The Balaban J connectivity index is 0.00000180. The molecule has 0 atom stereocenters. The number of benzene rings is 1. The minimum Gasteiger partial charge on any atom is -0.376 e. The molecule has 0 spiro atoms. The summed E-state index contributed by atoms with van der Waals surface area (Å²) < 4.78 is 0. The number of hydrogen-bond acceptors (Lipinski definition) is 3. The number of anilines is 1. The molecule has 0 bridgehead atoms. The highest BCUT2D eigenvalue weighted by Crippen LogP contribution is 2.21. The van der Waals surface area contributed by atoms with E-state index in [9.17, 15) is 4.79 Å². The van der Waals surface area contributed by atoms with Crippen molar-refractivity contribution >= 4 is 35.8 Å². The molecule has 0 aliphatic carbocycles. The first-order valence-electron chi connectivity index (χ1n) is 6.48. The Morgan fingerprint density at radius 3 is 2.58 bits per heavy atom. The monoisotopic (exact) mass is 300 g/mol. The van der Waals surface area contributed by atoms with Crippen LogP contribution in [-0.2, 0) is 4.79 Å². The Morgan fingerprint density at radius 1 is 1.21 bits per heavy atom. The van der Waals surface area contributed by atoms with Crippen LogP contribution in [0.2, 0.25) is 0 Å². The lowest BCUT2D eigenvalue weighted by molar-refractivity contribution is -0.119. The predicted molar refractivity (Wildman–Crippen MR) is 85.2 cm³/mol. The first-order valence-corrected chi connectivity index (χ1v) is 7.63. The van der Waals surface area contributed by atoms with Crippen LogP contribution in [0.3, 0.4) is 0 Å². The lowest BCUT2D eigenvalue weighted by Crippen LogP contribution is -2.34. The highest BCUT2D eigenvalue weighted by molar-refractivity contribution is 7.99. The largest absolute Gasteiger partial charge is 0.376 e. The topological polar surface area (TPSA) is 41.1 Å². The van der Waals surface area contributed by atoms with E-state index >= 15 is 0 Å². The molecule has 3 nitrogen and oxygen atoms in total. The number of nitrogens with one attached hydrogen (secondary N) is 2. The van der Waals surface area contributed by atoms with E-state index in [2.05, 4.69) is 10.6 Å². The molecule has 1 heterocycles. The van der Waals surface area contributed by atoms with Crippen LogP contribution in [-0.4, -0.2) is 30.5 Å². The van der Waals surface area contributed by atoms with Gasteiger partial charge in [0.25, 0.3) is 0 Å². The molecule has 0 unspecified atom stereocenters. The Morgan fingerprint density at radius 2 is 1.89 bits per heavy atom. The molecular formula is C14H21ClN2OS. The second-order valence-corrected chi connectivity index (χ2v) is 5.80. The maximum absolute atomic E-state index is 11.7. The number of carbonyl (C=O) groups is 1. The molecule has 106 valence electrons. The summed E-state index contributed by atoms with van der Waals surface area (Å²) in [6, 6.07) is 9.81. The SMILES string of the molecule is Cl.O=C(CNc1ccccc1)NCC1CCSCC1. The van der Waals surface area contributed by atoms with Crippen molar-refractivity contribution in [1.82, 2.24) is 5.32 Å². The van der Waals surface area contributed by atoms with Crippen LogP contribution in [0.5, 0.6) is 0 Å². The van der Waals surface area contributed by atoms with Crippen LogP contribution in [0.25, 0.3) is 0 Å². The molecule has 1 aromatic carbocycles. The van der Waals surface area contributed by atoms with Crippen molar-refractivity contribution in [1.29, 1.82) is 0 Å². The molecule has 1 saturated heterocycles. The van der Waals surface area contributed by atoms with Crippen molar-refractivity contribution in [2.24, 2.45) is 5.92 Å². The smallest absolute Gasteiger partial charge is 0.239 e. The van der Waals surface area contributed by atoms with E-state index in [4.69, 9.17) is 0 Å². The molecule has 1 fully saturated rings. The third-order valence-corrected chi connectivity index (χ3v) is 4.20. The average molecular weight is 301 g/mol. The molecular weight excluding hydrogens is 280 g/mol. The Bertz CT molecular complexity index is 369. The molecule has 19 heavy (non-hydrogen) atoms. The normalized spacial score (nSPS) is 15.4. The number of amides is 1. The zero-order chi connectivity index (χ0) is 12.6. The van der Waals surface area contributed by atoms with Crippen LogP contribution in [0.15, 0.2) is 30.3 Å². The minimum absolute atomic E-state index is 0. The number of halogens is 1. The van der Waals surface area contributed by atoms with Crippen molar-refractivity contribution in [3.05, 3.63) is 30.3 Å². The van der Waals surface area contributed by atoms with Crippen molar-refractivity contribution in [2.45, 2.75) is 12.8 Å². The van der Waals surface area contributed by atoms with E-state index in [-0.39, 0.29) is 18.3 Å². The van der Waals surface area contributed by atoms with Gasteiger partial charge in [0.2, 0.25) is 5.91 Å². The summed E-state index contributed by atoms with van der Waals surface area (Å²) in [6.45, 7) is 1.18. The molecule has 1 aliphatic heterocycles. The van der Waals surface area contributed by atoms with Crippen molar-refractivity contribution in [2.75, 3.05) is 29.9 Å². The second-order valence-electron chi connectivity index (χ2n) is 4.58. The molecule has 0 aromatic heterocycles. The van der Waals surface area contributed by atoms with Crippen LogP contribution in [0, 0.1) is 5.92 Å². The number of hydrogen-bond donors (Lipinski definition) is 2. The highest BCUT2D eigenvalue weighted by atomic mass is 35.5. The third-order valence-electron chi connectivity index (χ3n) is 3.16. The van der Waals surface area contributed by atoms with Crippen LogP contribution in [0.1, 0.15) is 12.8 Å². The van der Waals surface area contributed by atoms with Gasteiger partial charge in [-0.2, -0.15) is 11.8 Å². The quantitative estimate of drug-likeness (QED) is 0.878. The van der Waals surface area contributed by atoms with E-state index in [0.717, 1.165) is 12.2 Å². The summed E-state index contributed by atoms with van der Waals surface area (Å²) in [5.41, 5.74) is 0.988. The molecule has 1 aromatic rings. The average Bonchev–Trinajstić information content (AvgIpc) is 2.45. The van der Waals surface area contributed by atoms with E-state index in [1.54, 1.807) is 0 Å². The summed E-state index contributed by atoms with van der Waals surface area (Å²) in [5.74, 6) is 3.23. The standard InChI is InChI=1S/C14H20N2OS.ClH/c17-14(11-15-13-4-2-1-3-5-13)16-10-12-6-8-18-9-7-12;/h1-5,12,15H,6-11H2,(H,16,17);1H. The van der Waals surface area contributed by atoms with Crippen molar-refractivity contribution in [3.8, 4) is 0 Å². The highest BCUT2D eigenvalue weighted by Gasteiger charge is 2.14. The van der Waals surface area contributed by atoms with Gasteiger partial charge >= 0.3 is 0 Å². The van der Waals surface area contributed by atoms with Gasteiger partial charge in [-0.05, 0) is 42.4 Å². The van der Waals surface area contributed by atoms with Crippen LogP contribution < -0.4 is 10.6 Å². The van der Waals surface area contributed by atoms with Crippen LogP contribution >= 0.6 is 24.2 Å². The van der Waals surface area contributed by atoms with Gasteiger partial charge in [-0.15, -0.1) is 12.4 Å². The van der Waals surface area contributed by atoms with Gasteiger partial charge in [-0.3, -0.25) is 4.79 Å². The molecule has 0 saturated carbocycles. The van der Waals surface area contributed by atoms with Gasteiger partial charge in [-0.25, -0.2) is 0 Å². The molecule has 1 amide bonds. The predicted octanol–water partition coefficient (Wildman–Crippen LogP) is 2.78. The number of para-hydroxylation sites is 1. The Hall–Kier alpha value is -0.870. The van der Waals surface area contributed by atoms with Gasteiger partial charge in [0, 0.05) is 12.2 Å². The van der Waals surface area contributed by atoms with E-state index < -0.39 is 0 Å². The maximum atomic E-state index is 11.7. The van der Waals surface area contributed by atoms with E-state index in [1.165, 1.54) is 24.3 Å². The second kappa shape index (κ2) is 9.10. The molecule has 2 rings (SSSR count). The molecule has 0 radical (unpaired) electrons. The van der Waals surface area contributed by atoms with Gasteiger partial charge in [0.15, 0.2) is 0 Å². The summed E-state index contributed by atoms with van der Waals surface area (Å²) in [4.78, 5) is 11.7. The fourth-order valence-electron chi connectivity index (χ4n) is 2.01. The molecule has 2 N–H and O–H groups in total. The number of carbonyl (C=O) groups excluding carboxylic acids is 1. The number of thioether (sulfide) groups is 1. The molecule has 5 heteroatoms. The van der Waals surface area contributed by atoms with Gasteiger partial charge in [-0.1, -0.05) is 18.2 Å². The first-order chi connectivity index (χ1) is 8.84. The van der Waals surface area contributed by atoms with Crippen molar-refractivity contribution < 1.29 is 4.79 Å². The zero-order valence-corrected chi connectivity index (χ0v) is 12.6. The summed E-state index contributed by atoms with van der Waals surface area (Å²) in [7, 11) is 0. The van der Waals surface area contributed by atoms with E-state index in [1.807, 2.05) is 42.1 Å². The number of rotatable bonds is 5. The lowest BCUT2D eigenvalue weighted by Gasteiger charge is -2.21. The van der Waals surface area contributed by atoms with Gasteiger partial charge < -0.3 is 10.6 Å². The zero-order valence-electron chi connectivity index (χ0n) is 10.9. The summed E-state index contributed by atoms with van der Waals surface area (Å²) in [6.07, 6.45) is 2.47. The Labute approximate surface area is 125 Å². The van der Waals surface area contributed by atoms with Gasteiger partial charge in [0.05, 0.1) is 6.54 Å². The summed E-state index contributed by atoms with van der Waals surface area (Å²) >= 11 is 2.02. The maximum Gasteiger partial charge on any atom is 0.239 e. The first kappa shape index (κ1) is 16.2. The van der Waals surface area contributed by atoms with Crippen LogP contribution in [0.4, 0.5) is 5.69 Å². The van der Waals surface area contributed by atoms with Crippen molar-refractivity contribution in [3.63, 3.8) is 0 Å². The lowest BCUT2D eigenvalue weighted by atomic mass is 10.0. The molecule has 1 aliphatic rings. The third kappa shape index (κ3) is 6.21. The fraction of sp³-hybridized carbons (Fsp3) is 0.500. The Kier molecular flexibility index (Phi) is 7.75. The van der Waals surface area contributed by atoms with E-state index in [0.29, 0.717) is 12.5 Å². The fourth-order valence-corrected chi connectivity index (χ4v) is 3.21. The van der Waals surface area contributed by atoms with Gasteiger partial charge in [0.1, 0.15) is 0 Å². The minimum atomic E-state index is 0. The summed E-state index contributed by atoms with van der Waals surface area (Å²) in [5, 5.41) is 6.13.